The van der Waals surface area contributed by atoms with Crippen LogP contribution in [0.5, 0.6) is 0 Å². The zero-order valence-electron chi connectivity index (χ0n) is 12.0. The molecule has 0 bridgehead atoms. The van der Waals surface area contributed by atoms with Crippen LogP contribution in [0.4, 0.5) is 4.39 Å². The van der Waals surface area contributed by atoms with Crippen molar-refractivity contribution in [2.45, 2.75) is 32.0 Å². The van der Waals surface area contributed by atoms with Crippen molar-refractivity contribution >= 4 is 0 Å². The SMILES string of the molecule is CC1CN(C(C)C(N)c2ccc(F)cc2)CCN1C. The summed E-state index contributed by atoms with van der Waals surface area (Å²) >= 11 is 0. The van der Waals surface area contributed by atoms with Gasteiger partial charge in [0.25, 0.3) is 0 Å². The van der Waals surface area contributed by atoms with Gasteiger partial charge < -0.3 is 10.6 Å². The molecule has 0 aliphatic carbocycles. The van der Waals surface area contributed by atoms with Crippen LogP contribution >= 0.6 is 0 Å². The van der Waals surface area contributed by atoms with Crippen LogP contribution in [0.2, 0.25) is 0 Å². The largest absolute Gasteiger partial charge is 0.323 e. The first-order valence-corrected chi connectivity index (χ1v) is 6.94. The average molecular weight is 265 g/mol. The van der Waals surface area contributed by atoms with Gasteiger partial charge in [-0.05, 0) is 38.6 Å². The number of benzene rings is 1. The van der Waals surface area contributed by atoms with Crippen molar-refractivity contribution in [3.8, 4) is 0 Å². The topological polar surface area (TPSA) is 32.5 Å². The highest BCUT2D eigenvalue weighted by Crippen LogP contribution is 2.21. The van der Waals surface area contributed by atoms with Gasteiger partial charge in [0, 0.05) is 37.8 Å². The van der Waals surface area contributed by atoms with E-state index in [1.807, 2.05) is 0 Å². The maximum Gasteiger partial charge on any atom is 0.123 e. The second kappa shape index (κ2) is 5.99. The molecule has 19 heavy (non-hydrogen) atoms. The van der Waals surface area contributed by atoms with Gasteiger partial charge in [0.05, 0.1) is 0 Å². The predicted molar refractivity (Wildman–Crippen MR) is 76.5 cm³/mol. The van der Waals surface area contributed by atoms with Crippen LogP contribution in [-0.4, -0.2) is 48.6 Å². The third-order valence-corrected chi connectivity index (χ3v) is 4.34. The molecule has 3 nitrogen and oxygen atoms in total. The molecular formula is C15H24FN3. The molecule has 1 heterocycles. The van der Waals surface area contributed by atoms with Crippen molar-refractivity contribution in [3.05, 3.63) is 35.6 Å². The van der Waals surface area contributed by atoms with Crippen LogP contribution in [-0.2, 0) is 0 Å². The first-order valence-electron chi connectivity index (χ1n) is 6.94. The van der Waals surface area contributed by atoms with Gasteiger partial charge in [-0.15, -0.1) is 0 Å². The van der Waals surface area contributed by atoms with Crippen LogP contribution in [0.25, 0.3) is 0 Å². The molecule has 106 valence electrons. The predicted octanol–water partition coefficient (Wildman–Crippen LogP) is 1.85. The Morgan fingerprint density at radius 3 is 2.47 bits per heavy atom. The van der Waals surface area contributed by atoms with E-state index in [-0.39, 0.29) is 17.9 Å². The standard InChI is InChI=1S/C15H24FN3/c1-11-10-19(9-8-18(11)3)12(2)15(17)13-4-6-14(16)7-5-13/h4-7,11-12,15H,8-10,17H2,1-3H3. The lowest BCUT2D eigenvalue weighted by atomic mass is 9.99. The Hall–Kier alpha value is -0.970. The van der Waals surface area contributed by atoms with E-state index in [0.717, 1.165) is 25.2 Å². The van der Waals surface area contributed by atoms with Gasteiger partial charge in [-0.1, -0.05) is 12.1 Å². The third kappa shape index (κ3) is 3.32. The zero-order valence-corrected chi connectivity index (χ0v) is 12.0. The minimum absolute atomic E-state index is 0.0730. The average Bonchev–Trinajstić information content (AvgIpc) is 2.41. The lowest BCUT2D eigenvalue weighted by molar-refractivity contribution is 0.0686. The summed E-state index contributed by atoms with van der Waals surface area (Å²) in [5.41, 5.74) is 7.32. The molecule has 1 aliphatic heterocycles. The summed E-state index contributed by atoms with van der Waals surface area (Å²) in [5, 5.41) is 0. The Kier molecular flexibility index (Phi) is 4.55. The summed E-state index contributed by atoms with van der Waals surface area (Å²) in [6, 6.07) is 7.28. The van der Waals surface area contributed by atoms with Crippen LogP contribution in [0.3, 0.4) is 0 Å². The summed E-state index contributed by atoms with van der Waals surface area (Å²) in [6.07, 6.45) is 0. The second-order valence-corrected chi connectivity index (χ2v) is 5.64. The minimum Gasteiger partial charge on any atom is -0.323 e. The van der Waals surface area contributed by atoms with Crippen molar-refractivity contribution in [1.29, 1.82) is 0 Å². The van der Waals surface area contributed by atoms with E-state index in [1.54, 1.807) is 12.1 Å². The molecule has 2 N–H and O–H groups in total. The summed E-state index contributed by atoms with van der Waals surface area (Å²) in [5.74, 6) is -0.211. The monoisotopic (exact) mass is 265 g/mol. The quantitative estimate of drug-likeness (QED) is 0.905. The Morgan fingerprint density at radius 1 is 1.26 bits per heavy atom. The number of likely N-dealkylation sites (N-methyl/N-ethyl adjacent to an activating group) is 1. The Morgan fingerprint density at radius 2 is 1.89 bits per heavy atom. The van der Waals surface area contributed by atoms with Gasteiger partial charge in [0.2, 0.25) is 0 Å². The van der Waals surface area contributed by atoms with Gasteiger partial charge >= 0.3 is 0 Å². The molecule has 0 spiro atoms. The molecule has 1 saturated heterocycles. The van der Waals surface area contributed by atoms with E-state index in [9.17, 15) is 4.39 Å². The van der Waals surface area contributed by atoms with Crippen molar-refractivity contribution in [2.75, 3.05) is 26.7 Å². The number of hydrogen-bond acceptors (Lipinski definition) is 3. The van der Waals surface area contributed by atoms with Crippen molar-refractivity contribution in [3.63, 3.8) is 0 Å². The summed E-state index contributed by atoms with van der Waals surface area (Å²) in [7, 11) is 2.16. The molecule has 3 unspecified atom stereocenters. The van der Waals surface area contributed by atoms with Crippen molar-refractivity contribution in [1.82, 2.24) is 9.80 Å². The molecule has 0 amide bonds. The van der Waals surface area contributed by atoms with E-state index in [4.69, 9.17) is 5.73 Å². The van der Waals surface area contributed by atoms with E-state index < -0.39 is 0 Å². The van der Waals surface area contributed by atoms with E-state index in [0.29, 0.717) is 6.04 Å². The number of rotatable bonds is 3. The number of nitrogens with zero attached hydrogens (tertiary/aromatic N) is 2. The fraction of sp³-hybridized carbons (Fsp3) is 0.600. The third-order valence-electron chi connectivity index (χ3n) is 4.34. The Balaban J connectivity index is 2.02. The highest BCUT2D eigenvalue weighted by Gasteiger charge is 2.27. The molecule has 0 saturated carbocycles. The fourth-order valence-corrected chi connectivity index (χ4v) is 2.64. The lowest BCUT2D eigenvalue weighted by Gasteiger charge is -2.42. The van der Waals surface area contributed by atoms with Crippen LogP contribution in [0.1, 0.15) is 25.5 Å². The fourth-order valence-electron chi connectivity index (χ4n) is 2.64. The molecule has 0 radical (unpaired) electrons. The first kappa shape index (κ1) is 14.4. The Labute approximate surface area is 115 Å². The summed E-state index contributed by atoms with van der Waals surface area (Å²) in [6.45, 7) is 7.54. The molecule has 4 heteroatoms. The smallest absolute Gasteiger partial charge is 0.123 e. The molecule has 2 rings (SSSR count). The molecule has 0 aromatic heterocycles. The number of piperazine rings is 1. The molecule has 1 aromatic carbocycles. The summed E-state index contributed by atoms with van der Waals surface area (Å²) in [4.78, 5) is 4.80. The number of halogens is 1. The maximum absolute atomic E-state index is 12.9. The van der Waals surface area contributed by atoms with Crippen LogP contribution in [0, 0.1) is 5.82 Å². The molecule has 1 aromatic rings. The molecule has 3 atom stereocenters. The number of nitrogens with two attached hydrogens (primary N) is 1. The van der Waals surface area contributed by atoms with Crippen molar-refractivity contribution in [2.24, 2.45) is 5.73 Å². The van der Waals surface area contributed by atoms with Gasteiger partial charge in [-0.3, -0.25) is 4.90 Å². The lowest BCUT2D eigenvalue weighted by Crippen LogP contribution is -2.54. The first-order chi connectivity index (χ1) is 8.99. The minimum atomic E-state index is -0.211. The molecular weight excluding hydrogens is 241 g/mol. The van der Waals surface area contributed by atoms with Gasteiger partial charge in [-0.25, -0.2) is 4.39 Å². The zero-order chi connectivity index (χ0) is 14.0. The number of hydrogen-bond donors (Lipinski definition) is 1. The van der Waals surface area contributed by atoms with Gasteiger partial charge in [-0.2, -0.15) is 0 Å². The van der Waals surface area contributed by atoms with E-state index in [2.05, 4.69) is 30.7 Å². The highest BCUT2D eigenvalue weighted by molar-refractivity contribution is 5.21. The summed E-state index contributed by atoms with van der Waals surface area (Å²) < 4.78 is 12.9. The second-order valence-electron chi connectivity index (χ2n) is 5.64. The van der Waals surface area contributed by atoms with Crippen molar-refractivity contribution < 1.29 is 4.39 Å². The molecule has 1 aliphatic rings. The Bertz CT molecular complexity index is 406. The van der Waals surface area contributed by atoms with Gasteiger partial charge in [0.1, 0.15) is 5.82 Å². The van der Waals surface area contributed by atoms with Crippen LogP contribution in [0.15, 0.2) is 24.3 Å². The van der Waals surface area contributed by atoms with E-state index >= 15 is 0 Å². The van der Waals surface area contributed by atoms with Gasteiger partial charge in [0.15, 0.2) is 0 Å². The highest BCUT2D eigenvalue weighted by atomic mass is 19.1. The normalized spacial score (nSPS) is 25.2. The molecule has 1 fully saturated rings. The van der Waals surface area contributed by atoms with E-state index in [1.165, 1.54) is 12.1 Å². The maximum atomic E-state index is 12.9. The van der Waals surface area contributed by atoms with Crippen LogP contribution < -0.4 is 5.73 Å².